The van der Waals surface area contributed by atoms with Crippen molar-refractivity contribution in [3.05, 3.63) is 0 Å². The SMILES string of the molecule is Cl.NC(=O)NCC(F)(F)F. The molecule has 0 rings (SSSR count). The quantitative estimate of drug-likeness (QED) is 0.608. The van der Waals surface area contributed by atoms with E-state index in [1.54, 1.807) is 0 Å². The molecular weight excluding hydrogens is 172 g/mol. The van der Waals surface area contributed by atoms with Crippen LogP contribution in [0.3, 0.4) is 0 Å². The number of rotatable bonds is 1. The van der Waals surface area contributed by atoms with Crippen LogP contribution < -0.4 is 11.1 Å². The van der Waals surface area contributed by atoms with Gasteiger partial charge in [0, 0.05) is 0 Å². The van der Waals surface area contributed by atoms with Gasteiger partial charge in [-0.3, -0.25) is 0 Å². The van der Waals surface area contributed by atoms with E-state index in [-0.39, 0.29) is 12.4 Å². The number of urea groups is 1. The Bertz CT molecular complexity index is 115. The van der Waals surface area contributed by atoms with Crippen molar-refractivity contribution in [3.8, 4) is 0 Å². The third kappa shape index (κ3) is 10.4. The van der Waals surface area contributed by atoms with Gasteiger partial charge in [0.25, 0.3) is 0 Å². The normalized spacial score (nSPS) is 9.90. The number of hydrogen-bond donors (Lipinski definition) is 2. The Hall–Kier alpha value is -0.650. The minimum atomic E-state index is -4.38. The monoisotopic (exact) mass is 178 g/mol. The number of nitrogens with one attached hydrogen (secondary N) is 1. The molecule has 0 aromatic heterocycles. The molecule has 0 aliphatic heterocycles. The van der Waals surface area contributed by atoms with E-state index >= 15 is 0 Å². The van der Waals surface area contributed by atoms with E-state index in [0.717, 1.165) is 0 Å². The molecule has 0 aliphatic rings. The molecular formula is C3H6ClF3N2O. The Morgan fingerprint density at radius 3 is 2.00 bits per heavy atom. The second kappa shape index (κ2) is 4.21. The minimum Gasteiger partial charge on any atom is -0.352 e. The molecule has 0 unspecified atom stereocenters. The van der Waals surface area contributed by atoms with Crippen LogP contribution in [0.15, 0.2) is 0 Å². The van der Waals surface area contributed by atoms with E-state index in [0.29, 0.717) is 0 Å². The molecule has 62 valence electrons. The summed E-state index contributed by atoms with van der Waals surface area (Å²) >= 11 is 0. The predicted molar refractivity (Wildman–Crippen MR) is 30.9 cm³/mol. The maximum Gasteiger partial charge on any atom is 0.405 e. The van der Waals surface area contributed by atoms with Crippen LogP contribution in [0.5, 0.6) is 0 Å². The first-order chi connectivity index (χ1) is 3.92. The van der Waals surface area contributed by atoms with Gasteiger partial charge in [-0.25, -0.2) is 4.79 Å². The van der Waals surface area contributed by atoms with E-state index in [9.17, 15) is 18.0 Å². The molecule has 7 heteroatoms. The van der Waals surface area contributed by atoms with Gasteiger partial charge < -0.3 is 11.1 Å². The fourth-order valence-electron chi connectivity index (χ4n) is 0.187. The Morgan fingerprint density at radius 2 is 1.90 bits per heavy atom. The summed E-state index contributed by atoms with van der Waals surface area (Å²) in [4.78, 5) is 9.66. The lowest BCUT2D eigenvalue weighted by Gasteiger charge is -2.04. The van der Waals surface area contributed by atoms with Gasteiger partial charge >= 0.3 is 12.2 Å². The van der Waals surface area contributed by atoms with Crippen molar-refractivity contribution in [2.45, 2.75) is 6.18 Å². The van der Waals surface area contributed by atoms with Gasteiger partial charge in [0.1, 0.15) is 6.54 Å². The van der Waals surface area contributed by atoms with Gasteiger partial charge in [-0.15, -0.1) is 12.4 Å². The summed E-state index contributed by atoms with van der Waals surface area (Å²) in [6.07, 6.45) is -4.38. The highest BCUT2D eigenvalue weighted by Crippen LogP contribution is 2.11. The van der Waals surface area contributed by atoms with Gasteiger partial charge in [-0.05, 0) is 0 Å². The molecule has 3 N–H and O–H groups in total. The molecule has 10 heavy (non-hydrogen) atoms. The molecule has 2 amide bonds. The Balaban J connectivity index is 0. The van der Waals surface area contributed by atoms with E-state index < -0.39 is 18.8 Å². The minimum absolute atomic E-state index is 0. The number of halogens is 4. The Morgan fingerprint density at radius 1 is 1.50 bits per heavy atom. The van der Waals surface area contributed by atoms with Crippen molar-refractivity contribution in [3.63, 3.8) is 0 Å². The lowest BCUT2D eigenvalue weighted by atomic mass is 10.6. The standard InChI is InChI=1S/C3H5F3N2O.ClH/c4-3(5,6)1-8-2(7)9;/h1H2,(H3,7,8,9);1H. The number of nitrogens with two attached hydrogens (primary N) is 1. The Kier molecular flexibility index (Phi) is 5.08. The second-order valence-electron chi connectivity index (χ2n) is 1.33. The van der Waals surface area contributed by atoms with Gasteiger partial charge in [0.15, 0.2) is 0 Å². The fourth-order valence-corrected chi connectivity index (χ4v) is 0.187. The number of amides is 2. The van der Waals surface area contributed by atoms with Crippen LogP contribution in [0.1, 0.15) is 0 Å². The van der Waals surface area contributed by atoms with E-state index in [1.807, 2.05) is 0 Å². The van der Waals surface area contributed by atoms with E-state index in [1.165, 1.54) is 5.32 Å². The molecule has 0 radical (unpaired) electrons. The van der Waals surface area contributed by atoms with E-state index in [2.05, 4.69) is 5.73 Å². The van der Waals surface area contributed by atoms with Crippen molar-refractivity contribution in [2.75, 3.05) is 6.54 Å². The average Bonchev–Trinajstić information content (AvgIpc) is 1.59. The van der Waals surface area contributed by atoms with Gasteiger partial charge in [-0.2, -0.15) is 13.2 Å². The highest BCUT2D eigenvalue weighted by atomic mass is 35.5. The van der Waals surface area contributed by atoms with Gasteiger partial charge in [-0.1, -0.05) is 0 Å². The van der Waals surface area contributed by atoms with Crippen molar-refractivity contribution in [1.29, 1.82) is 0 Å². The number of hydrogen-bond acceptors (Lipinski definition) is 1. The number of primary amides is 1. The summed E-state index contributed by atoms with van der Waals surface area (Å²) in [5.74, 6) is 0. The molecule has 0 atom stereocenters. The smallest absolute Gasteiger partial charge is 0.352 e. The largest absolute Gasteiger partial charge is 0.405 e. The first-order valence-corrected chi connectivity index (χ1v) is 2.02. The maximum atomic E-state index is 11.1. The van der Waals surface area contributed by atoms with Crippen molar-refractivity contribution < 1.29 is 18.0 Å². The summed E-state index contributed by atoms with van der Waals surface area (Å²) < 4.78 is 33.4. The highest BCUT2D eigenvalue weighted by Gasteiger charge is 2.26. The molecule has 0 saturated heterocycles. The summed E-state index contributed by atoms with van der Waals surface area (Å²) in [7, 11) is 0. The zero-order valence-electron chi connectivity index (χ0n) is 4.73. The van der Waals surface area contributed by atoms with E-state index in [4.69, 9.17) is 0 Å². The van der Waals surface area contributed by atoms with Crippen molar-refractivity contribution in [2.24, 2.45) is 5.73 Å². The molecule has 0 spiro atoms. The Labute approximate surface area is 61.2 Å². The first-order valence-electron chi connectivity index (χ1n) is 2.02. The van der Waals surface area contributed by atoms with Crippen LogP contribution >= 0.6 is 12.4 Å². The molecule has 0 saturated carbocycles. The van der Waals surface area contributed by atoms with Crippen LogP contribution in [0.2, 0.25) is 0 Å². The van der Waals surface area contributed by atoms with Gasteiger partial charge in [0.05, 0.1) is 0 Å². The molecule has 0 heterocycles. The maximum absolute atomic E-state index is 11.1. The molecule has 0 fully saturated rings. The first kappa shape index (κ1) is 12.1. The van der Waals surface area contributed by atoms with Crippen molar-refractivity contribution >= 4 is 18.4 Å². The molecule has 0 aliphatic carbocycles. The fraction of sp³-hybridized carbons (Fsp3) is 0.667. The van der Waals surface area contributed by atoms with Crippen LogP contribution in [0.4, 0.5) is 18.0 Å². The number of carbonyl (C=O) groups excluding carboxylic acids is 1. The molecule has 0 aromatic carbocycles. The van der Waals surface area contributed by atoms with Crippen LogP contribution in [-0.2, 0) is 0 Å². The number of alkyl halides is 3. The third-order valence-electron chi connectivity index (χ3n) is 0.463. The van der Waals surface area contributed by atoms with Crippen LogP contribution in [-0.4, -0.2) is 18.8 Å². The lowest BCUT2D eigenvalue weighted by molar-refractivity contribution is -0.122. The summed E-state index contributed by atoms with van der Waals surface area (Å²) in [5, 5.41) is 1.40. The average molecular weight is 179 g/mol. The van der Waals surface area contributed by atoms with Crippen LogP contribution in [0, 0.1) is 0 Å². The van der Waals surface area contributed by atoms with Gasteiger partial charge in [0.2, 0.25) is 0 Å². The summed E-state index contributed by atoms with van der Waals surface area (Å²) in [6.45, 7) is -1.37. The number of carbonyl (C=O) groups is 1. The topological polar surface area (TPSA) is 55.1 Å². The summed E-state index contributed by atoms with van der Waals surface area (Å²) in [6, 6.07) is -1.17. The predicted octanol–water partition coefficient (Wildman–Crippen LogP) is 0.639. The van der Waals surface area contributed by atoms with Crippen LogP contribution in [0.25, 0.3) is 0 Å². The third-order valence-corrected chi connectivity index (χ3v) is 0.463. The molecule has 0 bridgehead atoms. The van der Waals surface area contributed by atoms with Crippen molar-refractivity contribution in [1.82, 2.24) is 5.32 Å². The second-order valence-corrected chi connectivity index (χ2v) is 1.33. The molecule has 0 aromatic rings. The summed E-state index contributed by atoms with van der Waals surface area (Å²) in [5.41, 5.74) is 4.35. The highest BCUT2D eigenvalue weighted by molar-refractivity contribution is 5.85. The molecule has 3 nitrogen and oxygen atoms in total. The lowest BCUT2D eigenvalue weighted by Crippen LogP contribution is -2.37. The zero-order chi connectivity index (χ0) is 7.49. The zero-order valence-corrected chi connectivity index (χ0v) is 5.55.